The van der Waals surface area contributed by atoms with Crippen molar-refractivity contribution in [3.63, 3.8) is 0 Å². The molecular formula is C10H12O2S. The standard InChI is InChI=1S/C10H12O2S/c1-5(11)9-7(3)13-8(4)10(9)6(2)12/h1-4H3. The number of hydrogen-bond donors (Lipinski definition) is 0. The minimum Gasteiger partial charge on any atom is -0.294 e. The third kappa shape index (κ3) is 1.70. The predicted molar refractivity (Wildman–Crippen MR) is 53.8 cm³/mol. The van der Waals surface area contributed by atoms with Crippen LogP contribution in [0.1, 0.15) is 44.3 Å². The van der Waals surface area contributed by atoms with E-state index in [2.05, 4.69) is 0 Å². The highest BCUT2D eigenvalue weighted by Crippen LogP contribution is 2.27. The monoisotopic (exact) mass is 196 g/mol. The van der Waals surface area contributed by atoms with Gasteiger partial charge in [0.15, 0.2) is 11.6 Å². The van der Waals surface area contributed by atoms with Crippen molar-refractivity contribution in [1.82, 2.24) is 0 Å². The summed E-state index contributed by atoms with van der Waals surface area (Å²) < 4.78 is 0. The maximum atomic E-state index is 11.3. The van der Waals surface area contributed by atoms with Gasteiger partial charge in [-0.05, 0) is 27.7 Å². The third-order valence-electron chi connectivity index (χ3n) is 1.96. The van der Waals surface area contributed by atoms with Gasteiger partial charge in [0, 0.05) is 20.9 Å². The van der Waals surface area contributed by atoms with Gasteiger partial charge in [-0.15, -0.1) is 11.3 Å². The minimum atomic E-state index is -0.0212. The van der Waals surface area contributed by atoms with Crippen LogP contribution in [0.25, 0.3) is 0 Å². The van der Waals surface area contributed by atoms with Gasteiger partial charge in [0.25, 0.3) is 0 Å². The Morgan fingerprint density at radius 2 is 1.23 bits per heavy atom. The second-order valence-electron chi connectivity index (χ2n) is 3.08. The number of carbonyl (C=O) groups is 2. The molecule has 0 N–H and O–H groups in total. The molecule has 1 rings (SSSR count). The Kier molecular flexibility index (Phi) is 2.66. The van der Waals surface area contributed by atoms with Crippen LogP contribution in [0.2, 0.25) is 0 Å². The molecule has 0 fully saturated rings. The lowest BCUT2D eigenvalue weighted by Crippen LogP contribution is -2.02. The molecule has 3 heteroatoms. The average Bonchev–Trinajstić information content (AvgIpc) is 2.24. The lowest BCUT2D eigenvalue weighted by Gasteiger charge is -1.97. The number of thiophene rings is 1. The highest BCUT2D eigenvalue weighted by molar-refractivity contribution is 7.12. The van der Waals surface area contributed by atoms with Crippen LogP contribution in [0.4, 0.5) is 0 Å². The molecule has 1 aromatic heterocycles. The van der Waals surface area contributed by atoms with E-state index < -0.39 is 0 Å². The fourth-order valence-electron chi connectivity index (χ4n) is 1.53. The molecule has 0 aliphatic rings. The molecule has 1 aromatic rings. The van der Waals surface area contributed by atoms with Gasteiger partial charge in [0.1, 0.15) is 0 Å². The van der Waals surface area contributed by atoms with Gasteiger partial charge >= 0.3 is 0 Å². The SMILES string of the molecule is CC(=O)c1c(C)sc(C)c1C(C)=O. The first-order valence-corrected chi connectivity index (χ1v) is 4.88. The Balaban J connectivity index is 3.47. The fraction of sp³-hybridized carbons (Fsp3) is 0.400. The number of hydrogen-bond acceptors (Lipinski definition) is 3. The number of carbonyl (C=O) groups excluding carboxylic acids is 2. The van der Waals surface area contributed by atoms with Gasteiger partial charge in [-0.2, -0.15) is 0 Å². The normalized spacial score (nSPS) is 10.2. The Bertz CT molecular complexity index is 340. The number of aryl methyl sites for hydroxylation is 2. The summed E-state index contributed by atoms with van der Waals surface area (Å²) in [5, 5.41) is 0. The van der Waals surface area contributed by atoms with Gasteiger partial charge < -0.3 is 0 Å². The third-order valence-corrected chi connectivity index (χ3v) is 2.99. The zero-order valence-electron chi connectivity index (χ0n) is 8.22. The Labute approximate surface area is 81.6 Å². The number of Topliss-reactive ketones (excluding diaryl/α,β-unsaturated/α-hetero) is 2. The van der Waals surface area contributed by atoms with Gasteiger partial charge in [0.05, 0.1) is 0 Å². The highest BCUT2D eigenvalue weighted by Gasteiger charge is 2.19. The van der Waals surface area contributed by atoms with Gasteiger partial charge in [-0.25, -0.2) is 0 Å². The van der Waals surface area contributed by atoms with Crippen LogP contribution < -0.4 is 0 Å². The molecule has 1 heterocycles. The number of rotatable bonds is 2. The highest BCUT2D eigenvalue weighted by atomic mass is 32.1. The molecule has 0 spiro atoms. The molecule has 0 aliphatic carbocycles. The van der Waals surface area contributed by atoms with Crippen LogP contribution in [0.15, 0.2) is 0 Å². The smallest absolute Gasteiger partial charge is 0.161 e. The van der Waals surface area contributed by atoms with E-state index in [0.29, 0.717) is 11.1 Å². The quantitative estimate of drug-likeness (QED) is 0.681. The molecule has 0 atom stereocenters. The Hall–Kier alpha value is -0.960. The van der Waals surface area contributed by atoms with E-state index in [-0.39, 0.29) is 11.6 Å². The van der Waals surface area contributed by atoms with Crippen LogP contribution in [-0.2, 0) is 0 Å². The Morgan fingerprint density at radius 3 is 1.46 bits per heavy atom. The van der Waals surface area contributed by atoms with Crippen molar-refractivity contribution in [2.45, 2.75) is 27.7 Å². The van der Waals surface area contributed by atoms with E-state index >= 15 is 0 Å². The van der Waals surface area contributed by atoms with Crippen molar-refractivity contribution in [2.24, 2.45) is 0 Å². The van der Waals surface area contributed by atoms with Crippen molar-refractivity contribution < 1.29 is 9.59 Å². The molecule has 0 aliphatic heterocycles. The molecule has 0 radical (unpaired) electrons. The zero-order chi connectivity index (χ0) is 10.2. The summed E-state index contributed by atoms with van der Waals surface area (Å²) in [5.74, 6) is -0.0425. The fourth-order valence-corrected chi connectivity index (χ4v) is 2.69. The van der Waals surface area contributed by atoms with Gasteiger partial charge in [0.2, 0.25) is 0 Å². The first kappa shape index (κ1) is 10.1. The van der Waals surface area contributed by atoms with Crippen molar-refractivity contribution >= 4 is 22.9 Å². The molecule has 13 heavy (non-hydrogen) atoms. The van der Waals surface area contributed by atoms with Crippen molar-refractivity contribution in [3.8, 4) is 0 Å². The topological polar surface area (TPSA) is 34.1 Å². The summed E-state index contributed by atoms with van der Waals surface area (Å²) in [7, 11) is 0. The van der Waals surface area contributed by atoms with Gasteiger partial charge in [-0.3, -0.25) is 9.59 Å². The van der Waals surface area contributed by atoms with Crippen molar-refractivity contribution in [1.29, 1.82) is 0 Å². The minimum absolute atomic E-state index is 0.0212. The molecule has 0 amide bonds. The zero-order valence-corrected chi connectivity index (χ0v) is 9.04. The van der Waals surface area contributed by atoms with Crippen LogP contribution in [0.3, 0.4) is 0 Å². The van der Waals surface area contributed by atoms with Crippen molar-refractivity contribution in [2.75, 3.05) is 0 Å². The maximum Gasteiger partial charge on any atom is 0.161 e. The maximum absolute atomic E-state index is 11.3. The molecular weight excluding hydrogens is 184 g/mol. The van der Waals surface area contributed by atoms with Crippen LogP contribution in [0, 0.1) is 13.8 Å². The van der Waals surface area contributed by atoms with E-state index in [1.54, 1.807) is 0 Å². The molecule has 0 aromatic carbocycles. The summed E-state index contributed by atoms with van der Waals surface area (Å²) in [6.45, 7) is 6.75. The molecule has 70 valence electrons. The summed E-state index contributed by atoms with van der Waals surface area (Å²) in [5.41, 5.74) is 1.21. The summed E-state index contributed by atoms with van der Waals surface area (Å²) in [6, 6.07) is 0. The first-order valence-electron chi connectivity index (χ1n) is 4.07. The van der Waals surface area contributed by atoms with E-state index in [4.69, 9.17) is 0 Å². The van der Waals surface area contributed by atoms with Gasteiger partial charge in [-0.1, -0.05) is 0 Å². The molecule has 0 bridgehead atoms. The first-order chi connectivity index (χ1) is 5.95. The van der Waals surface area contributed by atoms with Crippen LogP contribution in [-0.4, -0.2) is 11.6 Å². The second kappa shape index (κ2) is 3.42. The molecule has 0 saturated heterocycles. The van der Waals surface area contributed by atoms with E-state index in [1.165, 1.54) is 25.2 Å². The Morgan fingerprint density at radius 1 is 0.923 bits per heavy atom. The molecule has 2 nitrogen and oxygen atoms in total. The lowest BCUT2D eigenvalue weighted by molar-refractivity contribution is 0.0981. The van der Waals surface area contributed by atoms with E-state index in [0.717, 1.165) is 9.75 Å². The second-order valence-corrected chi connectivity index (χ2v) is 4.51. The predicted octanol–water partition coefficient (Wildman–Crippen LogP) is 2.77. The molecule has 0 unspecified atom stereocenters. The lowest BCUT2D eigenvalue weighted by atomic mass is 10.0. The van der Waals surface area contributed by atoms with Crippen molar-refractivity contribution in [3.05, 3.63) is 20.9 Å². The largest absolute Gasteiger partial charge is 0.294 e. The van der Waals surface area contributed by atoms with Crippen LogP contribution in [0.5, 0.6) is 0 Å². The van der Waals surface area contributed by atoms with Crippen LogP contribution >= 0.6 is 11.3 Å². The summed E-state index contributed by atoms with van der Waals surface area (Å²) in [4.78, 5) is 24.4. The number of ketones is 2. The molecule has 0 saturated carbocycles. The average molecular weight is 196 g/mol. The van der Waals surface area contributed by atoms with E-state index in [9.17, 15) is 9.59 Å². The summed E-state index contributed by atoms with van der Waals surface area (Å²) in [6.07, 6.45) is 0. The summed E-state index contributed by atoms with van der Waals surface area (Å²) >= 11 is 1.51. The van der Waals surface area contributed by atoms with E-state index in [1.807, 2.05) is 13.8 Å².